The van der Waals surface area contributed by atoms with Gasteiger partial charge in [-0.3, -0.25) is 4.48 Å². The Hall–Kier alpha value is -1.64. The van der Waals surface area contributed by atoms with E-state index in [1.54, 1.807) is 4.90 Å². The number of fused-ring (bicyclic) bond motifs is 1. The fourth-order valence-corrected chi connectivity index (χ4v) is 3.70. The van der Waals surface area contributed by atoms with Crippen molar-refractivity contribution in [2.75, 3.05) is 28.2 Å². The summed E-state index contributed by atoms with van der Waals surface area (Å²) in [5.41, 5.74) is 5.87. The molecule has 3 rings (SSSR count). The van der Waals surface area contributed by atoms with Crippen LogP contribution in [0.5, 0.6) is 0 Å². The molecule has 2 heteroatoms. The Morgan fingerprint density at radius 1 is 1.00 bits per heavy atom. The molecule has 1 aliphatic rings. The van der Waals surface area contributed by atoms with Crippen molar-refractivity contribution in [2.24, 2.45) is 0 Å². The Labute approximate surface area is 140 Å². The van der Waals surface area contributed by atoms with Crippen LogP contribution in [0.15, 0.2) is 48.5 Å². The molecule has 23 heavy (non-hydrogen) atoms. The molecule has 2 atom stereocenters. The van der Waals surface area contributed by atoms with Crippen molar-refractivity contribution in [3.8, 4) is 0 Å². The third kappa shape index (κ3) is 3.65. The highest BCUT2D eigenvalue weighted by atomic mass is 15.3. The summed E-state index contributed by atoms with van der Waals surface area (Å²) < 4.78 is 0.882. The van der Waals surface area contributed by atoms with Crippen molar-refractivity contribution in [1.29, 1.82) is 0 Å². The summed E-state index contributed by atoms with van der Waals surface area (Å²) in [5.74, 6) is 0. The SMILES string of the molecule is C[NH+]1c2ccccc2CCC1CCc1ccc([N+](C)(C)C)cc1. The van der Waals surface area contributed by atoms with Gasteiger partial charge in [-0.1, -0.05) is 30.3 Å². The van der Waals surface area contributed by atoms with Crippen LogP contribution in [0.3, 0.4) is 0 Å². The van der Waals surface area contributed by atoms with Crippen molar-refractivity contribution in [3.05, 3.63) is 59.7 Å². The number of benzene rings is 2. The molecule has 122 valence electrons. The number of aryl methyl sites for hydroxylation is 2. The second-order valence-corrected chi connectivity index (χ2v) is 7.79. The van der Waals surface area contributed by atoms with Crippen LogP contribution in [0.2, 0.25) is 0 Å². The van der Waals surface area contributed by atoms with Gasteiger partial charge in [0, 0.05) is 18.4 Å². The highest BCUT2D eigenvalue weighted by Crippen LogP contribution is 2.22. The zero-order valence-corrected chi connectivity index (χ0v) is 15.0. The summed E-state index contributed by atoms with van der Waals surface area (Å²) in [5, 5.41) is 0. The zero-order chi connectivity index (χ0) is 16.4. The molecule has 0 saturated carbocycles. The Kier molecular flexibility index (Phi) is 4.56. The molecule has 0 aromatic heterocycles. The van der Waals surface area contributed by atoms with Crippen LogP contribution in [-0.2, 0) is 12.8 Å². The molecular weight excluding hydrogens is 280 g/mol. The minimum Gasteiger partial charge on any atom is -0.302 e. The van der Waals surface area contributed by atoms with E-state index in [4.69, 9.17) is 0 Å². The van der Waals surface area contributed by atoms with Crippen molar-refractivity contribution in [2.45, 2.75) is 31.7 Å². The van der Waals surface area contributed by atoms with Crippen molar-refractivity contribution in [3.63, 3.8) is 0 Å². The summed E-state index contributed by atoms with van der Waals surface area (Å²) >= 11 is 0. The topological polar surface area (TPSA) is 4.44 Å². The maximum absolute atomic E-state index is 2.34. The maximum Gasteiger partial charge on any atom is 0.134 e. The standard InChI is InChI=1S/C21H29N2/c1-22-19(14-12-18-7-5-6-8-21(18)22)13-9-17-10-15-20(16-11-17)23(2,3)4/h5-8,10-11,15-16,19H,9,12-14H2,1-4H3/q+1/p+1. The van der Waals surface area contributed by atoms with E-state index in [-0.39, 0.29) is 0 Å². The highest BCUT2D eigenvalue weighted by molar-refractivity contribution is 5.43. The van der Waals surface area contributed by atoms with Gasteiger partial charge in [-0.15, -0.1) is 0 Å². The smallest absolute Gasteiger partial charge is 0.134 e. The van der Waals surface area contributed by atoms with Gasteiger partial charge in [-0.2, -0.15) is 0 Å². The van der Waals surface area contributed by atoms with E-state index in [0.29, 0.717) is 0 Å². The van der Waals surface area contributed by atoms with Crippen LogP contribution < -0.4 is 9.38 Å². The third-order valence-electron chi connectivity index (χ3n) is 5.31. The Bertz CT molecular complexity index is 652. The Morgan fingerprint density at radius 2 is 1.70 bits per heavy atom. The molecule has 2 aromatic rings. The second kappa shape index (κ2) is 6.46. The van der Waals surface area contributed by atoms with Crippen LogP contribution >= 0.6 is 0 Å². The van der Waals surface area contributed by atoms with Gasteiger partial charge in [0.15, 0.2) is 0 Å². The second-order valence-electron chi connectivity index (χ2n) is 7.79. The fraction of sp³-hybridized carbons (Fsp3) is 0.429. The predicted octanol–water partition coefficient (Wildman–Crippen LogP) is 2.98. The lowest BCUT2D eigenvalue weighted by Gasteiger charge is -2.31. The summed E-state index contributed by atoms with van der Waals surface area (Å²) in [4.78, 5) is 1.59. The van der Waals surface area contributed by atoms with Gasteiger partial charge in [0.2, 0.25) is 0 Å². The molecule has 0 radical (unpaired) electrons. The first-order valence-electron chi connectivity index (χ1n) is 8.78. The van der Waals surface area contributed by atoms with Gasteiger partial charge >= 0.3 is 0 Å². The molecule has 1 aliphatic heterocycles. The first kappa shape index (κ1) is 16.2. The van der Waals surface area contributed by atoms with E-state index in [0.717, 1.165) is 10.5 Å². The average Bonchev–Trinajstić information content (AvgIpc) is 2.54. The van der Waals surface area contributed by atoms with E-state index in [9.17, 15) is 0 Å². The van der Waals surface area contributed by atoms with Crippen LogP contribution in [0.1, 0.15) is 24.0 Å². The first-order valence-corrected chi connectivity index (χ1v) is 8.78. The van der Waals surface area contributed by atoms with Crippen molar-refractivity contribution >= 4 is 11.4 Å². The highest BCUT2D eigenvalue weighted by Gasteiger charge is 2.27. The van der Waals surface area contributed by atoms with E-state index in [1.165, 1.54) is 48.2 Å². The summed E-state index contributed by atoms with van der Waals surface area (Å²) in [6, 6.07) is 18.9. The minimum atomic E-state index is 0.739. The molecule has 0 fully saturated rings. The quantitative estimate of drug-likeness (QED) is 0.828. The van der Waals surface area contributed by atoms with Crippen LogP contribution in [0.4, 0.5) is 11.4 Å². The average molecular weight is 310 g/mol. The Morgan fingerprint density at radius 3 is 2.39 bits per heavy atom. The van der Waals surface area contributed by atoms with E-state index in [1.807, 2.05) is 0 Å². The maximum atomic E-state index is 2.34. The summed E-state index contributed by atoms with van der Waals surface area (Å²) in [6.45, 7) is 0. The molecule has 0 saturated heterocycles. The number of rotatable bonds is 4. The van der Waals surface area contributed by atoms with Crippen molar-refractivity contribution < 1.29 is 4.90 Å². The molecule has 1 N–H and O–H groups in total. The molecule has 0 aliphatic carbocycles. The molecule has 0 spiro atoms. The van der Waals surface area contributed by atoms with E-state index in [2.05, 4.69) is 76.7 Å². The normalized spacial score (nSPS) is 21.0. The van der Waals surface area contributed by atoms with E-state index < -0.39 is 0 Å². The Balaban J connectivity index is 1.63. The molecule has 2 aromatic carbocycles. The van der Waals surface area contributed by atoms with Crippen LogP contribution in [0, 0.1) is 0 Å². The molecule has 0 amide bonds. The van der Waals surface area contributed by atoms with Gasteiger partial charge in [0.05, 0.1) is 34.2 Å². The number of hydrogen-bond donors (Lipinski definition) is 1. The molecule has 2 unspecified atom stereocenters. The molecular formula is C21H30N2+2. The van der Waals surface area contributed by atoms with Crippen LogP contribution in [-0.4, -0.2) is 34.2 Å². The number of nitrogens with zero attached hydrogens (tertiary/aromatic N) is 1. The predicted molar refractivity (Wildman–Crippen MR) is 99.4 cm³/mol. The zero-order valence-electron chi connectivity index (χ0n) is 15.0. The number of hydrogen-bond acceptors (Lipinski definition) is 0. The largest absolute Gasteiger partial charge is 0.302 e. The van der Waals surface area contributed by atoms with E-state index >= 15 is 0 Å². The van der Waals surface area contributed by atoms with Gasteiger partial charge in [-0.05, 0) is 36.6 Å². The number of nitrogens with one attached hydrogen (secondary N) is 1. The molecule has 2 nitrogen and oxygen atoms in total. The minimum absolute atomic E-state index is 0.739. The third-order valence-corrected chi connectivity index (χ3v) is 5.31. The lowest BCUT2D eigenvalue weighted by Crippen LogP contribution is -3.09. The number of quaternary nitrogens is 2. The van der Waals surface area contributed by atoms with Gasteiger partial charge in [0.25, 0.3) is 0 Å². The lowest BCUT2D eigenvalue weighted by molar-refractivity contribution is -0.843. The molecule has 1 heterocycles. The lowest BCUT2D eigenvalue weighted by atomic mass is 9.92. The fourth-order valence-electron chi connectivity index (χ4n) is 3.70. The van der Waals surface area contributed by atoms with Crippen molar-refractivity contribution in [1.82, 2.24) is 4.48 Å². The first-order chi connectivity index (χ1) is 10.9. The van der Waals surface area contributed by atoms with Gasteiger partial charge in [0.1, 0.15) is 11.4 Å². The van der Waals surface area contributed by atoms with Gasteiger partial charge < -0.3 is 4.90 Å². The number of para-hydroxylation sites is 1. The van der Waals surface area contributed by atoms with Crippen LogP contribution in [0.25, 0.3) is 0 Å². The summed E-state index contributed by atoms with van der Waals surface area (Å²) in [7, 11) is 8.98. The summed E-state index contributed by atoms with van der Waals surface area (Å²) in [6.07, 6.45) is 4.99. The molecule has 0 bridgehead atoms. The monoisotopic (exact) mass is 310 g/mol. The van der Waals surface area contributed by atoms with Gasteiger partial charge in [-0.25, -0.2) is 0 Å².